The first-order valence-corrected chi connectivity index (χ1v) is 6.15. The van der Waals surface area contributed by atoms with E-state index in [1.54, 1.807) is 6.26 Å². The number of carbonyl (C=O) groups is 1. The summed E-state index contributed by atoms with van der Waals surface area (Å²) in [5.74, 6) is 0.211. The van der Waals surface area contributed by atoms with E-state index in [-0.39, 0.29) is 5.91 Å². The van der Waals surface area contributed by atoms with Crippen LogP contribution in [0, 0.1) is 0 Å². The summed E-state index contributed by atoms with van der Waals surface area (Å²) in [5, 5.41) is 0. The van der Waals surface area contributed by atoms with E-state index in [2.05, 4.69) is 0 Å². The Morgan fingerprint density at radius 1 is 1.24 bits per heavy atom. The summed E-state index contributed by atoms with van der Waals surface area (Å²) in [6, 6.07) is 3.80. The molecule has 0 atom stereocenters. The number of carbonyl (C=O) groups excluding carboxylic acids is 1. The van der Waals surface area contributed by atoms with Crippen molar-refractivity contribution in [2.45, 2.75) is 25.8 Å². The molecule has 4 heteroatoms. The molecule has 1 aliphatic heterocycles. The highest BCUT2D eigenvalue weighted by Crippen LogP contribution is 2.17. The second-order valence-electron chi connectivity index (χ2n) is 4.56. The number of fused-ring (bicyclic) bond motifs is 1. The average molecular weight is 232 g/mol. The van der Waals surface area contributed by atoms with Crippen LogP contribution in [0.15, 0.2) is 29.0 Å². The summed E-state index contributed by atoms with van der Waals surface area (Å²) < 4.78 is 7.23. The van der Waals surface area contributed by atoms with E-state index in [1.165, 1.54) is 6.42 Å². The molecule has 0 aliphatic carbocycles. The zero-order chi connectivity index (χ0) is 11.7. The van der Waals surface area contributed by atoms with Crippen molar-refractivity contribution in [3.8, 4) is 0 Å². The highest BCUT2D eigenvalue weighted by Gasteiger charge is 2.17. The van der Waals surface area contributed by atoms with Gasteiger partial charge in [0.25, 0.3) is 0 Å². The Morgan fingerprint density at radius 2 is 2.06 bits per heavy atom. The Hall–Kier alpha value is -1.71. The zero-order valence-corrected chi connectivity index (χ0v) is 9.76. The number of aromatic nitrogens is 1. The van der Waals surface area contributed by atoms with Crippen LogP contribution in [0.4, 0.5) is 0 Å². The SMILES string of the molecule is O=C(Cn1ccc2occc21)N1CCCCC1. The van der Waals surface area contributed by atoms with Gasteiger partial charge in [-0.2, -0.15) is 0 Å². The van der Waals surface area contributed by atoms with Crippen molar-refractivity contribution in [1.29, 1.82) is 0 Å². The fourth-order valence-corrected chi connectivity index (χ4v) is 2.44. The van der Waals surface area contributed by atoms with Crippen LogP contribution in [0.1, 0.15) is 19.3 Å². The topological polar surface area (TPSA) is 38.4 Å². The van der Waals surface area contributed by atoms with Crippen LogP contribution in [0.2, 0.25) is 0 Å². The molecule has 3 rings (SSSR count). The second-order valence-corrected chi connectivity index (χ2v) is 4.56. The lowest BCUT2D eigenvalue weighted by Crippen LogP contribution is -2.37. The molecular weight excluding hydrogens is 216 g/mol. The molecule has 1 aliphatic rings. The Bertz CT molecular complexity index is 520. The van der Waals surface area contributed by atoms with Crippen molar-refractivity contribution >= 4 is 17.0 Å². The fraction of sp³-hybridized carbons (Fsp3) is 0.462. The normalized spacial score (nSPS) is 16.6. The van der Waals surface area contributed by atoms with Crippen LogP contribution in [0.3, 0.4) is 0 Å². The van der Waals surface area contributed by atoms with Gasteiger partial charge in [-0.05, 0) is 25.3 Å². The molecule has 1 fully saturated rings. The first kappa shape index (κ1) is 10.4. The number of hydrogen-bond acceptors (Lipinski definition) is 2. The number of piperidine rings is 1. The third-order valence-electron chi connectivity index (χ3n) is 3.40. The molecule has 1 amide bonds. The lowest BCUT2D eigenvalue weighted by molar-refractivity contribution is -0.132. The predicted molar refractivity (Wildman–Crippen MR) is 64.6 cm³/mol. The highest BCUT2D eigenvalue weighted by atomic mass is 16.3. The molecule has 0 radical (unpaired) electrons. The predicted octanol–water partition coefficient (Wildman–Crippen LogP) is 2.25. The molecule has 0 aromatic carbocycles. The molecule has 0 saturated carbocycles. The first-order valence-electron chi connectivity index (χ1n) is 6.15. The van der Waals surface area contributed by atoms with Crippen molar-refractivity contribution in [1.82, 2.24) is 9.47 Å². The summed E-state index contributed by atoms with van der Waals surface area (Å²) in [5.41, 5.74) is 1.84. The van der Waals surface area contributed by atoms with Gasteiger partial charge in [-0.15, -0.1) is 0 Å². The molecular formula is C13H16N2O2. The Morgan fingerprint density at radius 3 is 2.88 bits per heavy atom. The first-order chi connectivity index (χ1) is 8.34. The van der Waals surface area contributed by atoms with Gasteiger partial charge < -0.3 is 13.9 Å². The Balaban J connectivity index is 1.74. The molecule has 3 heterocycles. The average Bonchev–Trinajstić information content (AvgIpc) is 2.95. The standard InChI is InChI=1S/C13H16N2O2/c16-13(14-6-2-1-3-7-14)10-15-8-4-12-11(15)5-9-17-12/h4-5,8-9H,1-3,6-7,10H2. The van der Waals surface area contributed by atoms with E-state index < -0.39 is 0 Å². The maximum Gasteiger partial charge on any atom is 0.242 e. The molecule has 0 N–H and O–H groups in total. The number of nitrogens with zero attached hydrogens (tertiary/aromatic N) is 2. The zero-order valence-electron chi connectivity index (χ0n) is 9.76. The summed E-state index contributed by atoms with van der Waals surface area (Å²) in [7, 11) is 0. The van der Waals surface area contributed by atoms with E-state index in [1.807, 2.05) is 27.8 Å². The van der Waals surface area contributed by atoms with Crippen LogP contribution in [0.25, 0.3) is 11.1 Å². The second kappa shape index (κ2) is 4.28. The number of amides is 1. The summed E-state index contributed by atoms with van der Waals surface area (Å²) in [4.78, 5) is 14.1. The van der Waals surface area contributed by atoms with Gasteiger partial charge in [0.15, 0.2) is 5.58 Å². The Labute approximate surface area is 99.8 Å². The minimum Gasteiger partial charge on any atom is -0.463 e. The number of rotatable bonds is 2. The van der Waals surface area contributed by atoms with Crippen LogP contribution >= 0.6 is 0 Å². The smallest absolute Gasteiger partial charge is 0.242 e. The van der Waals surface area contributed by atoms with Gasteiger partial charge in [-0.3, -0.25) is 4.79 Å². The number of hydrogen-bond donors (Lipinski definition) is 0. The van der Waals surface area contributed by atoms with Crippen LogP contribution < -0.4 is 0 Å². The van der Waals surface area contributed by atoms with Gasteiger partial charge in [-0.1, -0.05) is 0 Å². The van der Waals surface area contributed by atoms with E-state index in [9.17, 15) is 4.79 Å². The van der Waals surface area contributed by atoms with Crippen molar-refractivity contribution in [3.63, 3.8) is 0 Å². The van der Waals surface area contributed by atoms with E-state index in [0.717, 1.165) is 37.0 Å². The largest absolute Gasteiger partial charge is 0.463 e. The maximum atomic E-state index is 12.1. The van der Waals surface area contributed by atoms with E-state index >= 15 is 0 Å². The summed E-state index contributed by atoms with van der Waals surface area (Å²) >= 11 is 0. The molecule has 17 heavy (non-hydrogen) atoms. The molecule has 1 saturated heterocycles. The highest BCUT2D eigenvalue weighted by molar-refractivity contribution is 5.80. The van der Waals surface area contributed by atoms with Gasteiger partial charge in [-0.25, -0.2) is 0 Å². The fourth-order valence-electron chi connectivity index (χ4n) is 2.44. The maximum absolute atomic E-state index is 12.1. The minimum atomic E-state index is 0.211. The van der Waals surface area contributed by atoms with Crippen molar-refractivity contribution in [2.24, 2.45) is 0 Å². The van der Waals surface area contributed by atoms with Gasteiger partial charge in [0.1, 0.15) is 6.54 Å². The molecule has 90 valence electrons. The van der Waals surface area contributed by atoms with Gasteiger partial charge in [0.05, 0.1) is 11.8 Å². The molecule has 0 bridgehead atoms. The summed E-state index contributed by atoms with van der Waals surface area (Å²) in [6.07, 6.45) is 7.10. The molecule has 0 spiro atoms. The summed E-state index contributed by atoms with van der Waals surface area (Å²) in [6.45, 7) is 2.24. The third-order valence-corrected chi connectivity index (χ3v) is 3.40. The Kier molecular flexibility index (Phi) is 2.63. The van der Waals surface area contributed by atoms with Gasteiger partial charge in [0, 0.05) is 25.4 Å². The van der Waals surface area contributed by atoms with Gasteiger partial charge in [0.2, 0.25) is 5.91 Å². The van der Waals surface area contributed by atoms with Crippen LogP contribution in [-0.2, 0) is 11.3 Å². The van der Waals surface area contributed by atoms with Gasteiger partial charge >= 0.3 is 0 Å². The quantitative estimate of drug-likeness (QED) is 0.796. The van der Waals surface area contributed by atoms with Crippen molar-refractivity contribution < 1.29 is 9.21 Å². The minimum absolute atomic E-state index is 0.211. The molecule has 2 aromatic heterocycles. The van der Waals surface area contributed by atoms with E-state index in [0.29, 0.717) is 6.54 Å². The molecule has 0 unspecified atom stereocenters. The third kappa shape index (κ3) is 1.95. The molecule has 4 nitrogen and oxygen atoms in total. The van der Waals surface area contributed by atoms with Crippen LogP contribution in [-0.4, -0.2) is 28.5 Å². The molecule has 2 aromatic rings. The number of furan rings is 1. The van der Waals surface area contributed by atoms with Crippen molar-refractivity contribution in [3.05, 3.63) is 24.6 Å². The van der Waals surface area contributed by atoms with Crippen LogP contribution in [0.5, 0.6) is 0 Å². The monoisotopic (exact) mass is 232 g/mol. The lowest BCUT2D eigenvalue weighted by atomic mass is 10.1. The van der Waals surface area contributed by atoms with Crippen molar-refractivity contribution in [2.75, 3.05) is 13.1 Å². The van der Waals surface area contributed by atoms with E-state index in [4.69, 9.17) is 4.42 Å². The lowest BCUT2D eigenvalue weighted by Gasteiger charge is -2.26. The number of likely N-dealkylation sites (tertiary alicyclic amines) is 1.